The second kappa shape index (κ2) is 8.07. The van der Waals surface area contributed by atoms with E-state index >= 15 is 0 Å². The summed E-state index contributed by atoms with van der Waals surface area (Å²) >= 11 is 0. The zero-order chi connectivity index (χ0) is 19.6. The van der Waals surface area contributed by atoms with E-state index in [-0.39, 0.29) is 6.03 Å². The van der Waals surface area contributed by atoms with E-state index in [1.54, 1.807) is 0 Å². The summed E-state index contributed by atoms with van der Waals surface area (Å²) in [7, 11) is 0. The second-order valence-electron chi connectivity index (χ2n) is 8.44. The van der Waals surface area contributed by atoms with Crippen molar-refractivity contribution in [3.8, 4) is 11.1 Å². The van der Waals surface area contributed by atoms with Gasteiger partial charge in [-0.15, -0.1) is 0 Å². The molecule has 0 atom stereocenters. The lowest BCUT2D eigenvalue weighted by atomic mass is 10.0. The minimum Gasteiger partial charge on any atom is -0.368 e. The number of carbonyl (C=O) groups is 1. The van der Waals surface area contributed by atoms with Gasteiger partial charge in [-0.25, -0.2) is 4.79 Å². The average Bonchev–Trinajstić information content (AvgIpc) is 3.13. The number of piperazine rings is 1. The molecule has 152 valence electrons. The SMILES string of the molecule is O=C(N1CCN(c2cccc(-c3ccccc3)c2)CC1)N1CCN2CCC1CC2. The van der Waals surface area contributed by atoms with Gasteiger partial charge in [0.2, 0.25) is 0 Å². The molecular weight excluding hydrogens is 360 g/mol. The highest BCUT2D eigenvalue weighted by atomic mass is 16.2. The molecule has 0 saturated carbocycles. The van der Waals surface area contributed by atoms with Crippen molar-refractivity contribution in [2.45, 2.75) is 18.9 Å². The van der Waals surface area contributed by atoms with Crippen LogP contribution < -0.4 is 4.90 Å². The van der Waals surface area contributed by atoms with E-state index in [2.05, 4.69) is 74.2 Å². The molecule has 0 aromatic heterocycles. The number of hydrogen-bond donors (Lipinski definition) is 0. The van der Waals surface area contributed by atoms with Crippen LogP contribution in [0, 0.1) is 0 Å². The molecule has 2 bridgehead atoms. The monoisotopic (exact) mass is 390 g/mol. The van der Waals surface area contributed by atoms with Gasteiger partial charge in [-0.1, -0.05) is 42.5 Å². The summed E-state index contributed by atoms with van der Waals surface area (Å²) in [5.74, 6) is 0. The third-order valence-electron chi connectivity index (χ3n) is 6.77. The van der Waals surface area contributed by atoms with Crippen molar-refractivity contribution in [1.82, 2.24) is 14.7 Å². The number of rotatable bonds is 2. The molecule has 4 saturated heterocycles. The number of hydrogen-bond acceptors (Lipinski definition) is 3. The quantitative estimate of drug-likeness (QED) is 0.788. The molecule has 6 rings (SSSR count). The van der Waals surface area contributed by atoms with Crippen molar-refractivity contribution in [2.75, 3.05) is 57.3 Å². The van der Waals surface area contributed by atoms with Crippen LogP contribution in [0.5, 0.6) is 0 Å². The highest BCUT2D eigenvalue weighted by molar-refractivity contribution is 5.75. The number of piperidine rings is 1. The molecule has 29 heavy (non-hydrogen) atoms. The number of carbonyl (C=O) groups excluding carboxylic acids is 1. The highest BCUT2D eigenvalue weighted by Crippen LogP contribution is 2.26. The first-order chi connectivity index (χ1) is 14.3. The smallest absolute Gasteiger partial charge is 0.320 e. The van der Waals surface area contributed by atoms with E-state index in [4.69, 9.17) is 0 Å². The maximum absolute atomic E-state index is 13.2. The fourth-order valence-electron chi connectivity index (χ4n) is 4.99. The minimum absolute atomic E-state index is 0.261. The largest absolute Gasteiger partial charge is 0.368 e. The fourth-order valence-corrected chi connectivity index (χ4v) is 4.99. The third-order valence-corrected chi connectivity index (χ3v) is 6.77. The standard InChI is InChI=1S/C24H30N4O/c29-24(28-18-13-25-11-9-22(28)10-12-25)27-16-14-26(15-17-27)23-8-4-7-21(19-23)20-5-2-1-3-6-20/h1-8,19,22H,9-18H2. The minimum atomic E-state index is 0.261. The van der Waals surface area contributed by atoms with Crippen LogP contribution in [0.3, 0.4) is 0 Å². The number of fused-ring (bicyclic) bond motifs is 4. The molecule has 0 spiro atoms. The molecular formula is C24H30N4O. The van der Waals surface area contributed by atoms with Crippen molar-refractivity contribution in [2.24, 2.45) is 0 Å². The number of urea groups is 1. The summed E-state index contributed by atoms with van der Waals surface area (Å²) in [5, 5.41) is 0. The molecule has 2 amide bonds. The van der Waals surface area contributed by atoms with Gasteiger partial charge >= 0.3 is 6.03 Å². The van der Waals surface area contributed by atoms with Crippen LogP contribution in [0.15, 0.2) is 54.6 Å². The summed E-state index contributed by atoms with van der Waals surface area (Å²) in [6, 6.07) is 20.0. The molecule has 4 aliphatic heterocycles. The van der Waals surface area contributed by atoms with Crippen LogP contribution >= 0.6 is 0 Å². The molecule has 2 aromatic carbocycles. The van der Waals surface area contributed by atoms with Gasteiger partial charge < -0.3 is 19.6 Å². The van der Waals surface area contributed by atoms with E-state index in [1.807, 2.05) is 0 Å². The van der Waals surface area contributed by atoms with E-state index in [0.29, 0.717) is 6.04 Å². The van der Waals surface area contributed by atoms with Gasteiger partial charge in [0.1, 0.15) is 0 Å². The maximum atomic E-state index is 13.2. The van der Waals surface area contributed by atoms with Crippen LogP contribution in [0.2, 0.25) is 0 Å². The zero-order valence-electron chi connectivity index (χ0n) is 17.0. The molecule has 4 aliphatic rings. The van der Waals surface area contributed by atoms with E-state index < -0.39 is 0 Å². The van der Waals surface area contributed by atoms with Crippen molar-refractivity contribution in [3.05, 3.63) is 54.6 Å². The fraction of sp³-hybridized carbons (Fsp3) is 0.458. The molecule has 5 nitrogen and oxygen atoms in total. The first kappa shape index (κ1) is 18.5. The first-order valence-electron chi connectivity index (χ1n) is 11.0. The van der Waals surface area contributed by atoms with Crippen LogP contribution in [-0.4, -0.2) is 79.1 Å². The summed E-state index contributed by atoms with van der Waals surface area (Å²) in [6.45, 7) is 7.64. The lowest BCUT2D eigenvalue weighted by molar-refractivity contribution is 0.130. The van der Waals surface area contributed by atoms with Gasteiger partial charge in [0.15, 0.2) is 0 Å². The number of benzene rings is 2. The first-order valence-corrected chi connectivity index (χ1v) is 11.0. The Morgan fingerprint density at radius 3 is 2.21 bits per heavy atom. The lowest BCUT2D eigenvalue weighted by Gasteiger charge is -2.40. The zero-order valence-corrected chi connectivity index (χ0v) is 17.0. The van der Waals surface area contributed by atoms with Gasteiger partial charge in [-0.05, 0) is 36.1 Å². The lowest BCUT2D eigenvalue weighted by Crippen LogP contribution is -2.55. The second-order valence-corrected chi connectivity index (χ2v) is 8.44. The molecule has 0 aliphatic carbocycles. The van der Waals surface area contributed by atoms with Crippen molar-refractivity contribution in [3.63, 3.8) is 0 Å². The molecule has 4 fully saturated rings. The van der Waals surface area contributed by atoms with Crippen molar-refractivity contribution < 1.29 is 4.79 Å². The Morgan fingerprint density at radius 1 is 0.724 bits per heavy atom. The maximum Gasteiger partial charge on any atom is 0.320 e. The summed E-state index contributed by atoms with van der Waals surface area (Å²) in [4.78, 5) is 22.3. The molecule has 0 unspecified atom stereocenters. The normalized spacial score (nSPS) is 24.5. The van der Waals surface area contributed by atoms with Gasteiger partial charge in [0.25, 0.3) is 0 Å². The van der Waals surface area contributed by atoms with E-state index in [9.17, 15) is 4.79 Å². The number of nitrogens with zero attached hydrogens (tertiary/aromatic N) is 4. The molecule has 2 aromatic rings. The molecule has 0 N–H and O–H groups in total. The Kier molecular flexibility index (Phi) is 5.15. The Bertz CT molecular complexity index is 839. The number of amides is 2. The van der Waals surface area contributed by atoms with Crippen LogP contribution in [-0.2, 0) is 0 Å². The van der Waals surface area contributed by atoms with Crippen LogP contribution in [0.25, 0.3) is 11.1 Å². The number of anilines is 1. The van der Waals surface area contributed by atoms with Crippen LogP contribution in [0.1, 0.15) is 12.8 Å². The predicted molar refractivity (Wildman–Crippen MR) is 117 cm³/mol. The topological polar surface area (TPSA) is 30.0 Å². The molecule has 5 heteroatoms. The van der Waals surface area contributed by atoms with Crippen LogP contribution in [0.4, 0.5) is 10.5 Å². The van der Waals surface area contributed by atoms with Crippen molar-refractivity contribution >= 4 is 11.7 Å². The van der Waals surface area contributed by atoms with E-state index in [1.165, 1.54) is 16.8 Å². The molecule has 4 heterocycles. The van der Waals surface area contributed by atoms with Gasteiger partial charge in [0, 0.05) is 64.1 Å². The summed E-state index contributed by atoms with van der Waals surface area (Å²) < 4.78 is 0. The van der Waals surface area contributed by atoms with Gasteiger partial charge in [-0.2, -0.15) is 0 Å². The Morgan fingerprint density at radius 2 is 1.45 bits per heavy atom. The highest BCUT2D eigenvalue weighted by Gasteiger charge is 2.34. The average molecular weight is 391 g/mol. The summed E-state index contributed by atoms with van der Waals surface area (Å²) in [5.41, 5.74) is 3.74. The predicted octanol–water partition coefficient (Wildman–Crippen LogP) is 3.38. The third kappa shape index (κ3) is 3.84. The molecule has 0 radical (unpaired) electrons. The van der Waals surface area contributed by atoms with Gasteiger partial charge in [-0.3, -0.25) is 0 Å². The Balaban J connectivity index is 1.23. The summed E-state index contributed by atoms with van der Waals surface area (Å²) in [6.07, 6.45) is 2.27. The van der Waals surface area contributed by atoms with Gasteiger partial charge in [0.05, 0.1) is 0 Å². The van der Waals surface area contributed by atoms with Crippen molar-refractivity contribution in [1.29, 1.82) is 0 Å². The Labute approximate surface area is 173 Å². The Hall–Kier alpha value is -2.53. The van der Waals surface area contributed by atoms with E-state index in [0.717, 1.165) is 65.2 Å².